The highest BCUT2D eigenvalue weighted by Crippen LogP contribution is 2.38. The Labute approximate surface area is 144 Å². The molecule has 0 spiro atoms. The average molecular weight is 339 g/mol. The first kappa shape index (κ1) is 16.0. The molecule has 1 aromatic carbocycles. The Balaban J connectivity index is 2.13. The van der Waals surface area contributed by atoms with Gasteiger partial charge in [-0.1, -0.05) is 29.8 Å². The van der Waals surface area contributed by atoms with Gasteiger partial charge in [-0.15, -0.1) is 0 Å². The van der Waals surface area contributed by atoms with Gasteiger partial charge in [-0.2, -0.15) is 10.4 Å². The summed E-state index contributed by atoms with van der Waals surface area (Å²) < 4.78 is 1.90. The molecule has 1 aromatic heterocycles. The van der Waals surface area contributed by atoms with Gasteiger partial charge >= 0.3 is 0 Å². The van der Waals surface area contributed by atoms with Gasteiger partial charge in [0.25, 0.3) is 5.91 Å². The molecule has 0 saturated heterocycles. The molecule has 5 nitrogen and oxygen atoms in total. The van der Waals surface area contributed by atoms with Gasteiger partial charge in [0, 0.05) is 5.56 Å². The monoisotopic (exact) mass is 338 g/mol. The molecule has 0 unspecified atom stereocenters. The van der Waals surface area contributed by atoms with Crippen LogP contribution in [-0.2, 0) is 11.2 Å². The zero-order chi connectivity index (χ0) is 17.3. The second kappa shape index (κ2) is 6.34. The first-order valence-corrected chi connectivity index (χ1v) is 7.85. The summed E-state index contributed by atoms with van der Waals surface area (Å²) in [6.07, 6.45) is 2.81. The van der Waals surface area contributed by atoms with Crippen molar-refractivity contribution in [2.24, 2.45) is 5.73 Å². The minimum atomic E-state index is -0.753. The molecule has 0 saturated carbocycles. The molecule has 0 atom stereocenters. The molecule has 1 amide bonds. The number of aromatic nitrogens is 2. The van der Waals surface area contributed by atoms with E-state index in [2.05, 4.69) is 5.10 Å². The average Bonchev–Trinajstić information content (AvgIpc) is 2.92. The molecule has 1 heterocycles. The number of amides is 1. The fourth-order valence-corrected chi connectivity index (χ4v) is 3.26. The van der Waals surface area contributed by atoms with Crippen molar-refractivity contribution in [2.75, 3.05) is 0 Å². The van der Waals surface area contributed by atoms with Crippen molar-refractivity contribution in [3.05, 3.63) is 64.5 Å². The van der Waals surface area contributed by atoms with Gasteiger partial charge in [-0.25, -0.2) is 4.68 Å². The molecule has 1 aliphatic rings. The number of halogens is 1. The summed E-state index contributed by atoms with van der Waals surface area (Å²) in [5, 5.41) is 14.1. The van der Waals surface area contributed by atoms with Gasteiger partial charge in [-0.3, -0.25) is 4.79 Å². The van der Waals surface area contributed by atoms with Crippen LogP contribution in [0.2, 0.25) is 0 Å². The Kier molecular flexibility index (Phi) is 4.24. The lowest BCUT2D eigenvalue weighted by Crippen LogP contribution is -2.13. The van der Waals surface area contributed by atoms with Crippen molar-refractivity contribution in [3.8, 4) is 11.8 Å². The van der Waals surface area contributed by atoms with Crippen LogP contribution < -0.4 is 5.73 Å². The number of fused-ring (bicyclic) bond motifs is 1. The van der Waals surface area contributed by atoms with Crippen LogP contribution in [0.5, 0.6) is 0 Å². The van der Waals surface area contributed by atoms with Gasteiger partial charge in [-0.05, 0) is 43.5 Å². The second-order valence-electron chi connectivity index (χ2n) is 5.53. The molecule has 24 heavy (non-hydrogen) atoms. The Bertz CT molecular complexity index is 916. The number of carbonyl (C=O) groups is 1. The Morgan fingerprint density at radius 1 is 1.38 bits per heavy atom. The lowest BCUT2D eigenvalue weighted by Gasteiger charge is -2.17. The predicted molar refractivity (Wildman–Crippen MR) is 92.3 cm³/mol. The number of allylic oxidation sites excluding steroid dienone is 2. The van der Waals surface area contributed by atoms with Gasteiger partial charge in [0.05, 0.1) is 22.1 Å². The van der Waals surface area contributed by atoms with Gasteiger partial charge in [0.1, 0.15) is 11.6 Å². The smallest absolute Gasteiger partial charge is 0.259 e. The molecule has 0 aliphatic heterocycles. The Hall–Kier alpha value is -2.84. The topological polar surface area (TPSA) is 84.7 Å². The van der Waals surface area contributed by atoms with E-state index in [4.69, 9.17) is 22.6 Å². The van der Waals surface area contributed by atoms with Gasteiger partial charge in [0.2, 0.25) is 0 Å². The number of para-hydroxylation sites is 1. The maximum absolute atomic E-state index is 11.3. The number of hydrogen-bond donors (Lipinski definition) is 1. The van der Waals surface area contributed by atoms with Crippen LogP contribution in [0, 0.1) is 18.3 Å². The quantitative estimate of drug-likeness (QED) is 0.689. The summed E-state index contributed by atoms with van der Waals surface area (Å²) in [6.45, 7) is 1.90. The highest BCUT2D eigenvalue weighted by Gasteiger charge is 2.25. The summed E-state index contributed by atoms with van der Waals surface area (Å²) >= 11 is 6.55. The van der Waals surface area contributed by atoms with Crippen LogP contribution in [0.4, 0.5) is 0 Å². The van der Waals surface area contributed by atoms with E-state index in [0.717, 1.165) is 28.2 Å². The van der Waals surface area contributed by atoms with Crippen molar-refractivity contribution < 1.29 is 4.79 Å². The molecular weight excluding hydrogens is 324 g/mol. The first-order valence-electron chi connectivity index (χ1n) is 7.47. The third kappa shape index (κ3) is 2.72. The molecule has 0 fully saturated rings. The van der Waals surface area contributed by atoms with Crippen LogP contribution in [0.25, 0.3) is 10.7 Å². The normalized spacial score (nSPS) is 14.3. The summed E-state index contributed by atoms with van der Waals surface area (Å²) in [4.78, 5) is 11.3. The molecule has 1 aliphatic carbocycles. The summed E-state index contributed by atoms with van der Waals surface area (Å²) in [6, 6.07) is 11.7. The molecule has 6 heteroatoms. The number of primary amides is 1. The van der Waals surface area contributed by atoms with E-state index in [1.165, 1.54) is 6.08 Å². The van der Waals surface area contributed by atoms with Crippen molar-refractivity contribution in [1.29, 1.82) is 5.26 Å². The molecule has 3 rings (SSSR count). The van der Waals surface area contributed by atoms with E-state index < -0.39 is 5.91 Å². The fraction of sp³-hybridized carbons (Fsp3) is 0.167. The maximum Gasteiger partial charge on any atom is 0.259 e. The number of benzene rings is 1. The van der Waals surface area contributed by atoms with Gasteiger partial charge < -0.3 is 5.73 Å². The first-order chi connectivity index (χ1) is 11.5. The van der Waals surface area contributed by atoms with E-state index >= 15 is 0 Å². The standard InChI is InChI=1S/C18H15ClN4O/c1-11-16-15(23(22-11)14-5-3-2-4-6-14)8-7-12(17(16)19)9-13(10-20)18(21)24/h2-6,9H,7-8H2,1H3,(H2,21,24)/b13-9-. The van der Waals surface area contributed by atoms with E-state index in [0.29, 0.717) is 17.9 Å². The number of nitrogens with zero attached hydrogens (tertiary/aromatic N) is 3. The Morgan fingerprint density at radius 3 is 2.71 bits per heavy atom. The number of carbonyl (C=O) groups excluding carboxylic acids is 1. The van der Waals surface area contributed by atoms with Crippen LogP contribution in [-0.4, -0.2) is 15.7 Å². The van der Waals surface area contributed by atoms with Crippen LogP contribution in [0.1, 0.15) is 23.4 Å². The third-order valence-corrected chi connectivity index (χ3v) is 4.43. The number of hydrogen-bond acceptors (Lipinski definition) is 3. The molecule has 2 N–H and O–H groups in total. The third-order valence-electron chi connectivity index (χ3n) is 3.99. The minimum Gasteiger partial charge on any atom is -0.365 e. The lowest BCUT2D eigenvalue weighted by atomic mass is 9.94. The van der Waals surface area contributed by atoms with E-state index in [9.17, 15) is 4.79 Å². The Morgan fingerprint density at radius 2 is 2.08 bits per heavy atom. The molecule has 2 aromatic rings. The van der Waals surface area contributed by atoms with E-state index in [1.807, 2.05) is 48.0 Å². The molecule has 0 radical (unpaired) electrons. The minimum absolute atomic E-state index is 0.0975. The van der Waals surface area contributed by atoms with Crippen molar-refractivity contribution >= 4 is 22.5 Å². The van der Waals surface area contributed by atoms with E-state index in [1.54, 1.807) is 0 Å². The molecule has 0 bridgehead atoms. The van der Waals surface area contributed by atoms with Crippen molar-refractivity contribution in [3.63, 3.8) is 0 Å². The van der Waals surface area contributed by atoms with Crippen LogP contribution in [0.3, 0.4) is 0 Å². The summed E-state index contributed by atoms with van der Waals surface area (Å²) in [7, 11) is 0. The highest BCUT2D eigenvalue weighted by molar-refractivity contribution is 6.50. The second-order valence-corrected chi connectivity index (χ2v) is 5.91. The highest BCUT2D eigenvalue weighted by atomic mass is 35.5. The fourth-order valence-electron chi connectivity index (χ4n) is 2.87. The predicted octanol–water partition coefficient (Wildman–Crippen LogP) is 3.01. The summed E-state index contributed by atoms with van der Waals surface area (Å²) in [5.74, 6) is -0.753. The van der Waals surface area contributed by atoms with Crippen LogP contribution in [0.15, 0.2) is 47.6 Å². The number of rotatable bonds is 3. The number of aryl methyl sites for hydroxylation is 1. The number of nitriles is 1. The van der Waals surface area contributed by atoms with Gasteiger partial charge in [0.15, 0.2) is 0 Å². The zero-order valence-corrected chi connectivity index (χ0v) is 13.8. The molecule has 120 valence electrons. The lowest BCUT2D eigenvalue weighted by molar-refractivity contribution is -0.114. The SMILES string of the molecule is Cc1nn(-c2ccccc2)c2c1C(Cl)=C(/C=C(/C#N)C(N)=O)CC2. The van der Waals surface area contributed by atoms with Crippen LogP contribution >= 0.6 is 11.6 Å². The largest absolute Gasteiger partial charge is 0.365 e. The summed E-state index contributed by atoms with van der Waals surface area (Å²) in [5.41, 5.74) is 9.50. The number of nitrogens with two attached hydrogens (primary N) is 1. The zero-order valence-electron chi connectivity index (χ0n) is 13.1. The van der Waals surface area contributed by atoms with Crippen molar-refractivity contribution in [2.45, 2.75) is 19.8 Å². The maximum atomic E-state index is 11.3. The molecular formula is C18H15ClN4O. The van der Waals surface area contributed by atoms with E-state index in [-0.39, 0.29) is 5.57 Å². The van der Waals surface area contributed by atoms with Crippen molar-refractivity contribution in [1.82, 2.24) is 9.78 Å².